The fourth-order valence-electron chi connectivity index (χ4n) is 2.42. The standard InChI is InChI=1S/C20H28O5/c1-3-24-19(22)10-8-6-4-5-7-9-11-20(23)25-18-14-12-17(13-15-18)16(2)21/h12-15H,3-11H2,1-2H3. The van der Waals surface area contributed by atoms with E-state index in [0.29, 0.717) is 30.8 Å². The van der Waals surface area contributed by atoms with Crippen LogP contribution < -0.4 is 4.74 Å². The van der Waals surface area contributed by atoms with Crippen molar-refractivity contribution in [2.45, 2.75) is 65.2 Å². The van der Waals surface area contributed by atoms with Crippen LogP contribution in [-0.2, 0) is 14.3 Å². The molecule has 5 heteroatoms. The van der Waals surface area contributed by atoms with Crippen molar-refractivity contribution in [2.24, 2.45) is 0 Å². The van der Waals surface area contributed by atoms with Crippen molar-refractivity contribution in [3.05, 3.63) is 29.8 Å². The van der Waals surface area contributed by atoms with Crippen molar-refractivity contribution in [3.63, 3.8) is 0 Å². The quantitative estimate of drug-likeness (QED) is 0.241. The predicted octanol–water partition coefficient (Wildman–Crippen LogP) is 4.48. The molecule has 0 aromatic heterocycles. The number of rotatable bonds is 12. The number of Topliss-reactive ketones (excluding diaryl/α,β-unsaturated/α-hetero) is 1. The molecule has 5 nitrogen and oxygen atoms in total. The van der Waals surface area contributed by atoms with E-state index in [1.807, 2.05) is 6.92 Å². The SMILES string of the molecule is CCOC(=O)CCCCCCCCC(=O)Oc1ccc(C(C)=O)cc1. The molecule has 0 radical (unpaired) electrons. The summed E-state index contributed by atoms with van der Waals surface area (Å²) in [5, 5.41) is 0. The number of ether oxygens (including phenoxy) is 2. The lowest BCUT2D eigenvalue weighted by atomic mass is 10.1. The molecule has 1 rings (SSSR count). The maximum Gasteiger partial charge on any atom is 0.311 e. The van der Waals surface area contributed by atoms with Crippen molar-refractivity contribution >= 4 is 17.7 Å². The van der Waals surface area contributed by atoms with E-state index in [-0.39, 0.29) is 17.7 Å². The van der Waals surface area contributed by atoms with E-state index < -0.39 is 0 Å². The third kappa shape index (κ3) is 9.65. The highest BCUT2D eigenvalue weighted by molar-refractivity contribution is 5.94. The van der Waals surface area contributed by atoms with Crippen molar-refractivity contribution < 1.29 is 23.9 Å². The number of benzene rings is 1. The van der Waals surface area contributed by atoms with Gasteiger partial charge in [0.25, 0.3) is 0 Å². The van der Waals surface area contributed by atoms with E-state index in [0.717, 1.165) is 38.5 Å². The summed E-state index contributed by atoms with van der Waals surface area (Å²) in [7, 11) is 0. The number of ketones is 1. The molecule has 0 saturated carbocycles. The molecule has 1 aromatic carbocycles. The summed E-state index contributed by atoms with van der Waals surface area (Å²) in [4.78, 5) is 34.1. The zero-order valence-electron chi connectivity index (χ0n) is 15.2. The lowest BCUT2D eigenvalue weighted by molar-refractivity contribution is -0.143. The third-order valence-electron chi connectivity index (χ3n) is 3.81. The number of esters is 2. The Labute approximate surface area is 149 Å². The van der Waals surface area contributed by atoms with Gasteiger partial charge in [-0.25, -0.2) is 0 Å². The van der Waals surface area contributed by atoms with E-state index in [1.165, 1.54) is 6.92 Å². The minimum absolute atomic E-state index is 0.0138. The van der Waals surface area contributed by atoms with Crippen LogP contribution in [0, 0.1) is 0 Å². The largest absolute Gasteiger partial charge is 0.466 e. The summed E-state index contributed by atoms with van der Waals surface area (Å²) in [6.45, 7) is 3.75. The number of hydrogen-bond acceptors (Lipinski definition) is 5. The van der Waals surface area contributed by atoms with E-state index in [4.69, 9.17) is 9.47 Å². The van der Waals surface area contributed by atoms with E-state index in [9.17, 15) is 14.4 Å². The molecule has 0 aliphatic heterocycles. The first-order valence-electron chi connectivity index (χ1n) is 9.00. The second-order valence-corrected chi connectivity index (χ2v) is 5.98. The number of carbonyl (C=O) groups is 3. The first kappa shape index (κ1) is 20.9. The van der Waals surface area contributed by atoms with Gasteiger partial charge in [0.2, 0.25) is 0 Å². The molecule has 0 bridgehead atoms. The molecular formula is C20H28O5. The van der Waals surface area contributed by atoms with Gasteiger partial charge in [-0.1, -0.05) is 25.7 Å². The zero-order valence-corrected chi connectivity index (χ0v) is 15.2. The normalized spacial score (nSPS) is 10.3. The Morgan fingerprint density at radius 1 is 0.800 bits per heavy atom. The van der Waals surface area contributed by atoms with Crippen LogP contribution in [0.1, 0.15) is 75.6 Å². The Bertz CT molecular complexity index is 548. The molecule has 0 aliphatic rings. The van der Waals surface area contributed by atoms with Crippen LogP contribution in [-0.4, -0.2) is 24.3 Å². The Morgan fingerprint density at radius 2 is 1.32 bits per heavy atom. The minimum Gasteiger partial charge on any atom is -0.466 e. The van der Waals surface area contributed by atoms with Gasteiger partial charge >= 0.3 is 11.9 Å². The minimum atomic E-state index is -0.252. The van der Waals surface area contributed by atoms with Gasteiger partial charge in [-0.2, -0.15) is 0 Å². The molecule has 0 aliphatic carbocycles. The predicted molar refractivity (Wildman–Crippen MR) is 95.7 cm³/mol. The Morgan fingerprint density at radius 3 is 1.84 bits per heavy atom. The molecular weight excluding hydrogens is 320 g/mol. The van der Waals surface area contributed by atoms with Crippen LogP contribution in [0.3, 0.4) is 0 Å². The van der Waals surface area contributed by atoms with Crippen molar-refractivity contribution in [2.75, 3.05) is 6.61 Å². The van der Waals surface area contributed by atoms with Gasteiger partial charge in [-0.05, 0) is 51.0 Å². The second-order valence-electron chi connectivity index (χ2n) is 5.98. The zero-order chi connectivity index (χ0) is 18.5. The van der Waals surface area contributed by atoms with Crippen molar-refractivity contribution in [3.8, 4) is 5.75 Å². The van der Waals surface area contributed by atoms with Crippen molar-refractivity contribution in [1.29, 1.82) is 0 Å². The monoisotopic (exact) mass is 348 g/mol. The number of unbranched alkanes of at least 4 members (excludes halogenated alkanes) is 5. The highest BCUT2D eigenvalue weighted by Crippen LogP contribution is 2.15. The molecule has 0 amide bonds. The topological polar surface area (TPSA) is 69.7 Å². The molecule has 0 atom stereocenters. The van der Waals surface area contributed by atoms with Crippen LogP contribution in [0.25, 0.3) is 0 Å². The molecule has 138 valence electrons. The van der Waals surface area contributed by atoms with Gasteiger partial charge in [0, 0.05) is 18.4 Å². The summed E-state index contributed by atoms with van der Waals surface area (Å²) in [5.41, 5.74) is 0.600. The van der Waals surface area contributed by atoms with Crippen LogP contribution in [0.2, 0.25) is 0 Å². The summed E-state index contributed by atoms with van der Waals surface area (Å²) in [6.07, 6.45) is 6.60. The van der Waals surface area contributed by atoms with Gasteiger partial charge in [-0.3, -0.25) is 14.4 Å². The lowest BCUT2D eigenvalue weighted by Crippen LogP contribution is -2.07. The van der Waals surface area contributed by atoms with Gasteiger partial charge in [0.05, 0.1) is 6.61 Å². The number of carbonyl (C=O) groups excluding carboxylic acids is 3. The van der Waals surface area contributed by atoms with Crippen LogP contribution >= 0.6 is 0 Å². The van der Waals surface area contributed by atoms with Crippen LogP contribution in [0.5, 0.6) is 5.75 Å². The fraction of sp³-hybridized carbons (Fsp3) is 0.550. The van der Waals surface area contributed by atoms with E-state index >= 15 is 0 Å². The first-order chi connectivity index (χ1) is 12.0. The molecule has 1 aromatic rings. The Hall–Kier alpha value is -2.17. The van der Waals surface area contributed by atoms with Gasteiger partial charge in [0.1, 0.15) is 5.75 Å². The summed E-state index contributed by atoms with van der Waals surface area (Å²) < 4.78 is 10.1. The maximum absolute atomic E-state index is 11.8. The third-order valence-corrected chi connectivity index (χ3v) is 3.81. The molecule has 25 heavy (non-hydrogen) atoms. The average Bonchev–Trinajstić information content (AvgIpc) is 2.58. The summed E-state index contributed by atoms with van der Waals surface area (Å²) in [6, 6.07) is 6.58. The molecule has 0 fully saturated rings. The summed E-state index contributed by atoms with van der Waals surface area (Å²) in [5.74, 6) is 0.0774. The second kappa shape index (κ2) is 12.2. The Kier molecular flexibility index (Phi) is 10.2. The lowest BCUT2D eigenvalue weighted by Gasteiger charge is -2.05. The maximum atomic E-state index is 11.8. The highest BCUT2D eigenvalue weighted by atomic mass is 16.5. The number of hydrogen-bond donors (Lipinski definition) is 0. The summed E-state index contributed by atoms with van der Waals surface area (Å²) >= 11 is 0. The van der Waals surface area contributed by atoms with Crippen LogP contribution in [0.15, 0.2) is 24.3 Å². The molecule has 0 spiro atoms. The van der Waals surface area contributed by atoms with Crippen LogP contribution in [0.4, 0.5) is 0 Å². The van der Waals surface area contributed by atoms with E-state index in [2.05, 4.69) is 0 Å². The molecule has 0 heterocycles. The first-order valence-corrected chi connectivity index (χ1v) is 9.00. The average molecular weight is 348 g/mol. The van der Waals surface area contributed by atoms with Gasteiger partial charge < -0.3 is 9.47 Å². The van der Waals surface area contributed by atoms with Gasteiger partial charge in [0.15, 0.2) is 5.78 Å². The molecule has 0 unspecified atom stereocenters. The smallest absolute Gasteiger partial charge is 0.311 e. The van der Waals surface area contributed by atoms with Gasteiger partial charge in [-0.15, -0.1) is 0 Å². The Balaban J connectivity index is 2.05. The van der Waals surface area contributed by atoms with Crippen molar-refractivity contribution in [1.82, 2.24) is 0 Å². The highest BCUT2D eigenvalue weighted by Gasteiger charge is 2.06. The van der Waals surface area contributed by atoms with E-state index in [1.54, 1.807) is 24.3 Å². The molecule has 0 N–H and O–H groups in total. The molecule has 0 saturated heterocycles. The fourth-order valence-corrected chi connectivity index (χ4v) is 2.42.